The molecular weight excluding hydrogens is 617 g/mol. The number of carboxylic acids is 1. The van der Waals surface area contributed by atoms with E-state index in [9.17, 15) is 9.18 Å². The van der Waals surface area contributed by atoms with Gasteiger partial charge in [0.1, 0.15) is 24.2 Å². The van der Waals surface area contributed by atoms with Crippen LogP contribution in [0.2, 0.25) is 0 Å². The second-order valence-electron chi connectivity index (χ2n) is 14.1. The molecule has 0 amide bonds. The summed E-state index contributed by atoms with van der Waals surface area (Å²) in [4.78, 5) is 33.4. The molecular formula is C34H38FN9O4. The minimum atomic E-state index is -1.12. The molecule has 1 spiro atoms. The largest absolute Gasteiger partial charge is 0.475 e. The number of aromatic nitrogens is 6. The fourth-order valence-electron chi connectivity index (χ4n) is 8.01. The van der Waals surface area contributed by atoms with Crippen LogP contribution in [-0.4, -0.2) is 84.4 Å². The number of hydrogen-bond acceptors (Lipinski definition) is 12. The number of oxazole rings is 1. The zero-order chi connectivity index (χ0) is 33.0. The molecule has 1 aromatic carbocycles. The van der Waals surface area contributed by atoms with Crippen LogP contribution >= 0.6 is 0 Å². The first-order valence-corrected chi connectivity index (χ1v) is 16.7. The molecule has 250 valence electrons. The van der Waals surface area contributed by atoms with Crippen molar-refractivity contribution in [3.05, 3.63) is 60.5 Å². The van der Waals surface area contributed by atoms with E-state index in [0.29, 0.717) is 40.9 Å². The van der Waals surface area contributed by atoms with E-state index < -0.39 is 5.97 Å². The standard InChI is InChI=1S/C34H38FN9O4/c1-19(2)29(21-9-23(10-21)41-33-37-13-27(48-33)32(45)46)44-15-34(16-44)7-8-43(14-34)30-31(42-40-18-39-30)47-26-6-5-22(35)11-24(26)25-12-36-17-38-28(25)20-3-4-20/h5-6,11-13,17-21,23,29H,3-4,7-10,14-16H2,1-2H3,(H,37,41)(H,45,46)/t21?,23?,29-/m1/s1. The predicted octanol–water partition coefficient (Wildman–Crippen LogP) is 5.25. The smallest absolute Gasteiger partial charge is 0.373 e. The Kier molecular flexibility index (Phi) is 7.69. The number of nitrogens with zero attached hydrogens (tertiary/aromatic N) is 8. The van der Waals surface area contributed by atoms with Crippen LogP contribution in [0.1, 0.15) is 68.1 Å². The van der Waals surface area contributed by atoms with Crippen LogP contribution in [0, 0.1) is 23.1 Å². The van der Waals surface area contributed by atoms with Gasteiger partial charge in [-0.15, -0.1) is 10.2 Å². The molecule has 1 atom stereocenters. The molecule has 4 aromatic rings. The molecule has 14 heteroatoms. The van der Waals surface area contributed by atoms with Crippen molar-refractivity contribution in [1.29, 1.82) is 0 Å². The van der Waals surface area contributed by atoms with Crippen LogP contribution in [0.5, 0.6) is 11.6 Å². The maximum Gasteiger partial charge on any atom is 0.373 e. The molecule has 2 aliphatic heterocycles. The number of likely N-dealkylation sites (tertiary alicyclic amines) is 1. The Balaban J connectivity index is 0.929. The molecule has 0 bridgehead atoms. The van der Waals surface area contributed by atoms with Gasteiger partial charge in [-0.05, 0) is 62.1 Å². The van der Waals surface area contributed by atoms with Crippen LogP contribution in [0.25, 0.3) is 11.1 Å². The lowest BCUT2D eigenvalue weighted by molar-refractivity contribution is -0.0657. The van der Waals surface area contributed by atoms with Gasteiger partial charge in [0.05, 0.1) is 11.9 Å². The zero-order valence-electron chi connectivity index (χ0n) is 26.9. The lowest BCUT2D eigenvalue weighted by atomic mass is 9.68. The number of carbonyl (C=O) groups is 1. The third kappa shape index (κ3) is 5.82. The molecule has 8 rings (SSSR count). The van der Waals surface area contributed by atoms with Crippen LogP contribution in [0.4, 0.5) is 16.2 Å². The van der Waals surface area contributed by atoms with Crippen molar-refractivity contribution in [1.82, 2.24) is 35.0 Å². The topological polar surface area (TPSA) is 156 Å². The first-order chi connectivity index (χ1) is 23.2. The summed E-state index contributed by atoms with van der Waals surface area (Å²) in [7, 11) is 0. The highest BCUT2D eigenvalue weighted by Gasteiger charge is 2.53. The Labute approximate surface area is 277 Å². The van der Waals surface area contributed by atoms with Crippen LogP contribution in [0.15, 0.2) is 47.7 Å². The van der Waals surface area contributed by atoms with Crippen molar-refractivity contribution in [2.45, 2.75) is 64.0 Å². The maximum atomic E-state index is 14.5. The molecule has 2 saturated heterocycles. The summed E-state index contributed by atoms with van der Waals surface area (Å²) in [5.41, 5.74) is 2.41. The van der Waals surface area contributed by atoms with Crippen molar-refractivity contribution in [3.8, 4) is 22.8 Å². The van der Waals surface area contributed by atoms with E-state index >= 15 is 0 Å². The molecule has 5 heterocycles. The van der Waals surface area contributed by atoms with Crippen molar-refractivity contribution < 1.29 is 23.4 Å². The van der Waals surface area contributed by atoms with E-state index in [0.717, 1.165) is 69.5 Å². The Morgan fingerprint density at radius 3 is 2.69 bits per heavy atom. The maximum absolute atomic E-state index is 14.5. The molecule has 2 aliphatic carbocycles. The summed E-state index contributed by atoms with van der Waals surface area (Å²) in [5.74, 6) is 1.11. The Morgan fingerprint density at radius 2 is 1.94 bits per heavy atom. The average Bonchev–Trinajstić information content (AvgIpc) is 3.61. The molecule has 4 aliphatic rings. The van der Waals surface area contributed by atoms with E-state index in [4.69, 9.17) is 14.3 Å². The molecule has 13 nitrogen and oxygen atoms in total. The van der Waals surface area contributed by atoms with E-state index in [1.54, 1.807) is 12.3 Å². The van der Waals surface area contributed by atoms with Crippen LogP contribution in [0.3, 0.4) is 0 Å². The van der Waals surface area contributed by atoms with Gasteiger partial charge in [-0.2, -0.15) is 0 Å². The van der Waals surface area contributed by atoms with Gasteiger partial charge in [-0.25, -0.2) is 29.1 Å². The molecule has 2 N–H and O–H groups in total. The van der Waals surface area contributed by atoms with Crippen LogP contribution in [-0.2, 0) is 0 Å². The molecule has 48 heavy (non-hydrogen) atoms. The molecule has 4 fully saturated rings. The lowest BCUT2D eigenvalue weighted by Crippen LogP contribution is -2.65. The number of ether oxygens (including phenoxy) is 1. The van der Waals surface area contributed by atoms with Crippen molar-refractivity contribution in [2.24, 2.45) is 17.3 Å². The SMILES string of the molecule is CC(C)[C@H](C1CC(Nc2ncc(C(=O)O)o2)C1)N1CC2(CCN(c3ncnnc3Oc3ccc(F)cc3-c3cncnc3C3CC3)C2)C1. The number of anilines is 2. The summed E-state index contributed by atoms with van der Waals surface area (Å²) < 4.78 is 26.2. The summed E-state index contributed by atoms with van der Waals surface area (Å²) >= 11 is 0. The highest BCUT2D eigenvalue weighted by molar-refractivity contribution is 5.84. The monoisotopic (exact) mass is 655 g/mol. The van der Waals surface area contributed by atoms with Crippen molar-refractivity contribution >= 4 is 17.8 Å². The molecule has 2 saturated carbocycles. The van der Waals surface area contributed by atoms with Gasteiger partial charge in [0.15, 0.2) is 5.82 Å². The summed E-state index contributed by atoms with van der Waals surface area (Å²) in [6, 6.07) is 5.40. The van der Waals surface area contributed by atoms with Crippen molar-refractivity contribution in [2.75, 3.05) is 36.4 Å². The first kappa shape index (κ1) is 30.6. The van der Waals surface area contributed by atoms with Gasteiger partial charge >= 0.3 is 5.97 Å². The quantitative estimate of drug-likeness (QED) is 0.216. The van der Waals surface area contributed by atoms with E-state index in [1.165, 1.54) is 31.0 Å². The summed E-state index contributed by atoms with van der Waals surface area (Å²) in [5, 5.41) is 20.7. The number of benzene rings is 1. The Morgan fingerprint density at radius 1 is 1.10 bits per heavy atom. The Hall–Kier alpha value is -4.72. The fraction of sp³-hybridized carbons (Fsp3) is 0.500. The number of rotatable bonds is 11. The molecule has 0 unspecified atom stereocenters. The highest BCUT2D eigenvalue weighted by Crippen LogP contribution is 2.49. The average molecular weight is 656 g/mol. The summed E-state index contributed by atoms with van der Waals surface area (Å²) in [6.45, 7) is 8.27. The predicted molar refractivity (Wildman–Crippen MR) is 172 cm³/mol. The van der Waals surface area contributed by atoms with Crippen molar-refractivity contribution in [3.63, 3.8) is 0 Å². The van der Waals surface area contributed by atoms with Crippen LogP contribution < -0.4 is 15.0 Å². The van der Waals surface area contributed by atoms with Gasteiger partial charge in [0.2, 0.25) is 5.76 Å². The molecule has 3 aromatic heterocycles. The minimum absolute atomic E-state index is 0.156. The normalized spacial score (nSPS) is 22.4. The van der Waals surface area contributed by atoms with Gasteiger partial charge in [0.25, 0.3) is 11.9 Å². The lowest BCUT2D eigenvalue weighted by Gasteiger charge is -2.56. The second-order valence-corrected chi connectivity index (χ2v) is 14.1. The number of aromatic carboxylic acids is 1. The number of nitrogens with one attached hydrogen (secondary N) is 1. The van der Waals surface area contributed by atoms with E-state index in [-0.39, 0.29) is 34.9 Å². The fourth-order valence-corrected chi connectivity index (χ4v) is 8.01. The van der Waals surface area contributed by atoms with Gasteiger partial charge < -0.3 is 24.5 Å². The number of halogens is 1. The van der Waals surface area contributed by atoms with Gasteiger partial charge in [-0.1, -0.05) is 13.8 Å². The third-order valence-corrected chi connectivity index (χ3v) is 10.3. The minimum Gasteiger partial charge on any atom is -0.475 e. The number of hydrogen-bond donors (Lipinski definition) is 2. The highest BCUT2D eigenvalue weighted by atomic mass is 19.1. The van der Waals surface area contributed by atoms with E-state index in [1.807, 2.05) is 0 Å². The Bertz CT molecular complexity index is 1820. The third-order valence-electron chi connectivity index (χ3n) is 10.3. The zero-order valence-corrected chi connectivity index (χ0v) is 26.9. The first-order valence-electron chi connectivity index (χ1n) is 16.7. The summed E-state index contributed by atoms with van der Waals surface area (Å²) in [6.07, 6.45) is 11.1. The second kappa shape index (κ2) is 12.1. The van der Waals surface area contributed by atoms with Gasteiger partial charge in [0, 0.05) is 66.9 Å². The molecule has 0 radical (unpaired) electrons. The van der Waals surface area contributed by atoms with E-state index in [2.05, 4.69) is 59.1 Å². The number of carboxylic acid groups (broad SMARTS) is 1. The van der Waals surface area contributed by atoms with Gasteiger partial charge in [-0.3, -0.25) is 4.90 Å².